The fourth-order valence-electron chi connectivity index (χ4n) is 8.39. The second-order valence-corrected chi connectivity index (χ2v) is 14.3. The van der Waals surface area contributed by atoms with Gasteiger partial charge < -0.3 is 40.2 Å². The largest absolute Gasteiger partial charge is 0.416 e. The van der Waals surface area contributed by atoms with Crippen molar-refractivity contribution < 1.29 is 32.9 Å². The first-order valence-corrected chi connectivity index (χ1v) is 17.0. The van der Waals surface area contributed by atoms with Crippen LogP contribution in [0.1, 0.15) is 62.6 Å². The number of fused-ring (bicyclic) bond motifs is 2. The number of hydrogen-bond donors (Lipinski definition) is 4. The molecule has 4 aliphatic rings. The van der Waals surface area contributed by atoms with Crippen LogP contribution in [0.5, 0.6) is 0 Å². The summed E-state index contributed by atoms with van der Waals surface area (Å²) in [5, 5.41) is 25.7. The van der Waals surface area contributed by atoms with Gasteiger partial charge in [0.2, 0.25) is 0 Å². The Labute approximate surface area is 278 Å². The highest BCUT2D eigenvalue weighted by molar-refractivity contribution is 5.86. The van der Waals surface area contributed by atoms with Crippen LogP contribution in [0.2, 0.25) is 0 Å². The van der Waals surface area contributed by atoms with Crippen molar-refractivity contribution in [1.29, 1.82) is 0 Å². The maximum Gasteiger partial charge on any atom is 0.416 e. The fraction of sp³-hybridized carbons (Fsp3) is 0.647. The molecule has 7 atom stereocenters. The van der Waals surface area contributed by atoms with Crippen molar-refractivity contribution >= 4 is 28.2 Å². The minimum atomic E-state index is -4.38. The number of nitrogens with two attached hydrogens (primary N) is 1. The normalized spacial score (nSPS) is 31.0. The van der Waals surface area contributed by atoms with Gasteiger partial charge in [0.15, 0.2) is 0 Å². The van der Waals surface area contributed by atoms with E-state index < -0.39 is 23.9 Å². The summed E-state index contributed by atoms with van der Waals surface area (Å²) in [7, 11) is 1.93. The first kappa shape index (κ1) is 33.3. The van der Waals surface area contributed by atoms with Crippen molar-refractivity contribution in [2.75, 3.05) is 42.8 Å². The molecule has 2 saturated carbocycles. The molecule has 2 unspecified atom stereocenters. The highest BCUT2D eigenvalue weighted by atomic mass is 19.4. The number of hydrogen-bond acceptors (Lipinski definition) is 10. The standard InChI is InChI=1S/C34H46F3N7O4/c1-18-8-26-25(13-24(18)34(35,36)37)41-31(42(26)3)5-4-20-9-22(10-20)44(19(2)48-30-16-47-15-29(30)46)14-21-11-27(28(45)12-21)43-7-6-23-32(38)39-17-40-33(23)43/h6-8,13,17,19-22,27-31,41,45-46H,4-5,9-12,14-16H2,1-3H3,(H2,38,39,40)/t19?,20?,21-,22?,27+,28+,29-,30+,31?/m0/s1. The van der Waals surface area contributed by atoms with Crippen LogP contribution in [0.4, 0.5) is 30.4 Å². The molecule has 7 rings (SSSR count). The van der Waals surface area contributed by atoms with Crippen LogP contribution >= 0.6 is 0 Å². The second kappa shape index (κ2) is 12.9. The predicted molar refractivity (Wildman–Crippen MR) is 175 cm³/mol. The summed E-state index contributed by atoms with van der Waals surface area (Å²) in [6.07, 6.45) is 2.26. The lowest BCUT2D eigenvalue weighted by Gasteiger charge is -2.47. The molecule has 14 heteroatoms. The maximum absolute atomic E-state index is 13.5. The number of nitrogens with zero attached hydrogens (tertiary/aromatic N) is 5. The average Bonchev–Trinajstić information content (AvgIpc) is 3.78. The van der Waals surface area contributed by atoms with E-state index in [1.165, 1.54) is 19.3 Å². The summed E-state index contributed by atoms with van der Waals surface area (Å²) in [6.45, 7) is 4.91. The number of aliphatic hydroxyl groups excluding tert-OH is 2. The zero-order valence-corrected chi connectivity index (χ0v) is 27.6. The highest BCUT2D eigenvalue weighted by Crippen LogP contribution is 2.44. The van der Waals surface area contributed by atoms with E-state index in [-0.39, 0.29) is 48.7 Å². The lowest BCUT2D eigenvalue weighted by molar-refractivity contribution is -0.144. The molecule has 0 bridgehead atoms. The number of halogens is 3. The minimum Gasteiger partial charge on any atom is -0.391 e. The number of ether oxygens (including phenoxy) is 2. The third kappa shape index (κ3) is 6.33. The van der Waals surface area contributed by atoms with Gasteiger partial charge >= 0.3 is 6.18 Å². The van der Waals surface area contributed by atoms with Crippen LogP contribution in [-0.2, 0) is 15.7 Å². The van der Waals surface area contributed by atoms with Gasteiger partial charge in [-0.2, -0.15) is 13.2 Å². The van der Waals surface area contributed by atoms with E-state index in [9.17, 15) is 23.4 Å². The number of benzene rings is 1. The van der Waals surface area contributed by atoms with E-state index in [0.717, 1.165) is 55.4 Å². The minimum absolute atomic E-state index is 0.0635. The van der Waals surface area contributed by atoms with Crippen molar-refractivity contribution in [2.45, 2.75) is 101 Å². The monoisotopic (exact) mass is 673 g/mol. The number of aryl methyl sites for hydroxylation is 1. The van der Waals surface area contributed by atoms with Crippen molar-refractivity contribution in [2.24, 2.45) is 11.8 Å². The Hall–Kier alpha value is -3.17. The summed E-state index contributed by atoms with van der Waals surface area (Å²) >= 11 is 0. The third-order valence-corrected chi connectivity index (χ3v) is 11.1. The smallest absolute Gasteiger partial charge is 0.391 e. The Balaban J connectivity index is 0.986. The van der Waals surface area contributed by atoms with Gasteiger partial charge in [-0.25, -0.2) is 9.97 Å². The zero-order chi connectivity index (χ0) is 33.9. The molecule has 2 aromatic heterocycles. The van der Waals surface area contributed by atoms with Gasteiger partial charge in [-0.1, -0.05) is 0 Å². The zero-order valence-electron chi connectivity index (χ0n) is 27.6. The van der Waals surface area contributed by atoms with Gasteiger partial charge in [0.05, 0.1) is 53.8 Å². The fourth-order valence-corrected chi connectivity index (χ4v) is 8.39. The van der Waals surface area contributed by atoms with E-state index in [1.807, 2.05) is 35.7 Å². The van der Waals surface area contributed by atoms with Crippen molar-refractivity contribution in [1.82, 2.24) is 19.4 Å². The van der Waals surface area contributed by atoms with Gasteiger partial charge in [-0.05, 0) is 88.0 Å². The van der Waals surface area contributed by atoms with Gasteiger partial charge in [-0.15, -0.1) is 0 Å². The first-order chi connectivity index (χ1) is 22.9. The number of nitrogen functional groups attached to an aromatic ring is 1. The predicted octanol–water partition coefficient (Wildman–Crippen LogP) is 4.52. The molecule has 0 spiro atoms. The summed E-state index contributed by atoms with van der Waals surface area (Å²) in [5.74, 6) is 1.12. The third-order valence-electron chi connectivity index (χ3n) is 11.1. The highest BCUT2D eigenvalue weighted by Gasteiger charge is 2.43. The molecule has 1 aromatic carbocycles. The number of nitrogens with one attached hydrogen (secondary N) is 1. The summed E-state index contributed by atoms with van der Waals surface area (Å²) in [5.41, 5.74) is 7.75. The van der Waals surface area contributed by atoms with E-state index >= 15 is 0 Å². The first-order valence-electron chi connectivity index (χ1n) is 17.0. The van der Waals surface area contributed by atoms with Crippen LogP contribution in [-0.4, -0.2) is 93.2 Å². The molecule has 5 N–H and O–H groups in total. The molecule has 48 heavy (non-hydrogen) atoms. The summed E-state index contributed by atoms with van der Waals surface area (Å²) in [4.78, 5) is 13.0. The lowest BCUT2D eigenvalue weighted by atomic mass is 9.76. The van der Waals surface area contributed by atoms with E-state index in [2.05, 4.69) is 20.2 Å². The molecule has 3 aromatic rings. The Morgan fingerprint density at radius 1 is 1.10 bits per heavy atom. The van der Waals surface area contributed by atoms with Crippen LogP contribution in [0.3, 0.4) is 0 Å². The molecule has 262 valence electrons. The van der Waals surface area contributed by atoms with Crippen LogP contribution in [0.15, 0.2) is 30.7 Å². The van der Waals surface area contributed by atoms with Gasteiger partial charge in [0, 0.05) is 25.8 Å². The number of aromatic nitrogens is 3. The van der Waals surface area contributed by atoms with Crippen molar-refractivity contribution in [3.8, 4) is 0 Å². The Morgan fingerprint density at radius 3 is 2.62 bits per heavy atom. The molecular formula is C34H46F3N7O4. The number of alkyl halides is 3. The molecular weight excluding hydrogens is 627 g/mol. The molecule has 11 nitrogen and oxygen atoms in total. The van der Waals surface area contributed by atoms with Gasteiger partial charge in [-0.3, -0.25) is 4.90 Å². The molecule has 2 aliphatic carbocycles. The van der Waals surface area contributed by atoms with E-state index in [0.29, 0.717) is 30.5 Å². The Morgan fingerprint density at radius 2 is 1.90 bits per heavy atom. The van der Waals surface area contributed by atoms with Crippen LogP contribution < -0.4 is 16.0 Å². The summed E-state index contributed by atoms with van der Waals surface area (Å²) in [6, 6.07) is 4.91. The average molecular weight is 674 g/mol. The molecule has 0 radical (unpaired) electrons. The SMILES string of the molecule is Cc1cc2c(cc1C(F)(F)F)NC(CCC1CC(N(C[C@@H]3C[C@@H](O)[C@H](n4ccc5c(N)ncnc54)C3)C(C)O[C@@H]3COC[C@@H]3O)C1)N2C. The van der Waals surface area contributed by atoms with Gasteiger partial charge in [0.25, 0.3) is 0 Å². The Bertz CT molecular complexity index is 1620. The van der Waals surface area contributed by atoms with Crippen molar-refractivity contribution in [3.63, 3.8) is 0 Å². The maximum atomic E-state index is 13.5. The van der Waals surface area contributed by atoms with E-state index in [4.69, 9.17) is 15.2 Å². The molecule has 4 heterocycles. The quantitative estimate of drug-likeness (QED) is 0.228. The number of anilines is 3. The van der Waals surface area contributed by atoms with E-state index in [1.54, 1.807) is 6.07 Å². The number of aliphatic hydroxyl groups is 2. The molecule has 1 saturated heterocycles. The number of rotatable bonds is 10. The topological polar surface area (TPSA) is 134 Å². The molecule has 0 amide bonds. The second-order valence-electron chi connectivity index (χ2n) is 14.3. The summed E-state index contributed by atoms with van der Waals surface area (Å²) < 4.78 is 54.4. The van der Waals surface area contributed by atoms with Crippen LogP contribution in [0, 0.1) is 18.8 Å². The van der Waals surface area contributed by atoms with Gasteiger partial charge in [0.1, 0.15) is 36.2 Å². The molecule has 3 fully saturated rings. The Kier molecular flexibility index (Phi) is 8.98. The molecule has 2 aliphatic heterocycles. The van der Waals surface area contributed by atoms with Crippen molar-refractivity contribution in [3.05, 3.63) is 41.9 Å². The van der Waals surface area contributed by atoms with Crippen LogP contribution in [0.25, 0.3) is 11.0 Å². The lowest BCUT2D eigenvalue weighted by Crippen LogP contribution is -2.53.